The van der Waals surface area contributed by atoms with Crippen LogP contribution in [0.1, 0.15) is 54.7 Å². The minimum atomic E-state index is -0.293. The number of nitrogens with zero attached hydrogens (tertiary/aromatic N) is 5. The number of amides is 1. The lowest BCUT2D eigenvalue weighted by Crippen LogP contribution is -2.47. The predicted molar refractivity (Wildman–Crippen MR) is 111 cm³/mol. The van der Waals surface area contributed by atoms with Crippen LogP contribution in [0.5, 0.6) is 0 Å². The number of nitriles is 1. The first-order valence-corrected chi connectivity index (χ1v) is 10.2. The summed E-state index contributed by atoms with van der Waals surface area (Å²) in [5.74, 6) is 0.582. The summed E-state index contributed by atoms with van der Waals surface area (Å²) < 4.78 is 0. The van der Waals surface area contributed by atoms with Gasteiger partial charge in [-0.3, -0.25) is 4.79 Å². The molecule has 10 nitrogen and oxygen atoms in total. The molecule has 4 rings (SSSR count). The van der Waals surface area contributed by atoms with Crippen LogP contribution >= 0.6 is 0 Å². The minimum absolute atomic E-state index is 0.211. The van der Waals surface area contributed by atoms with Gasteiger partial charge in [-0.25, -0.2) is 9.97 Å². The lowest BCUT2D eigenvalue weighted by molar-refractivity contribution is 0.0958. The molecular weight excluding hydrogens is 382 g/mol. The third-order valence-electron chi connectivity index (χ3n) is 5.81. The van der Waals surface area contributed by atoms with Crippen LogP contribution in [0.2, 0.25) is 0 Å². The van der Waals surface area contributed by atoms with Crippen molar-refractivity contribution in [1.29, 1.82) is 5.26 Å². The van der Waals surface area contributed by atoms with E-state index in [1.807, 2.05) is 6.07 Å². The first-order chi connectivity index (χ1) is 14.6. The molecule has 0 bridgehead atoms. The zero-order valence-electron chi connectivity index (χ0n) is 16.9. The predicted octanol–water partition coefficient (Wildman–Crippen LogP) is 1.72. The molecule has 3 heterocycles. The number of nitrogens with one attached hydrogen (secondary N) is 4. The molecule has 2 unspecified atom stereocenters. The minimum Gasteiger partial charge on any atom is -0.380 e. The number of hydrogen-bond acceptors (Lipinski definition) is 9. The molecule has 4 N–H and O–H groups in total. The second-order valence-electron chi connectivity index (χ2n) is 7.84. The van der Waals surface area contributed by atoms with Crippen LogP contribution in [0.3, 0.4) is 0 Å². The largest absolute Gasteiger partial charge is 0.380 e. The van der Waals surface area contributed by atoms with Crippen LogP contribution in [-0.2, 0) is 0 Å². The molecule has 2 fully saturated rings. The second kappa shape index (κ2) is 8.59. The summed E-state index contributed by atoms with van der Waals surface area (Å²) >= 11 is 0. The van der Waals surface area contributed by atoms with Crippen molar-refractivity contribution >= 4 is 23.2 Å². The van der Waals surface area contributed by atoms with Gasteiger partial charge in [0, 0.05) is 24.7 Å². The molecule has 1 saturated heterocycles. The number of hydrogen-bond donors (Lipinski definition) is 4. The van der Waals surface area contributed by atoms with Crippen molar-refractivity contribution in [2.45, 2.75) is 50.1 Å². The molecule has 2 aromatic rings. The van der Waals surface area contributed by atoms with Gasteiger partial charge in [-0.05, 0) is 38.6 Å². The first-order valence-electron chi connectivity index (χ1n) is 10.2. The molecule has 2 aromatic heterocycles. The number of piperidine rings is 1. The van der Waals surface area contributed by atoms with Gasteiger partial charge in [0.05, 0.1) is 18.1 Å². The zero-order chi connectivity index (χ0) is 21.0. The average Bonchev–Trinajstić information content (AvgIpc) is 3.16. The SMILES string of the molecule is CNC(=O)c1nnc(Nc2cnc(C#N)cn2)cc1NC1CCC2(CCCCN2)C1. The standard InChI is InChI=1S/C20H25N9O/c1-22-19(30)18-15(26-13-4-6-20(9-13)5-2-3-7-25-20)8-16(28-29-18)27-17-12-23-14(10-21)11-24-17/h8,11-13,25H,2-7,9H2,1H3,(H,22,30)(H2,24,26,27,28). The fourth-order valence-corrected chi connectivity index (χ4v) is 4.32. The highest BCUT2D eigenvalue weighted by molar-refractivity contribution is 5.97. The average molecular weight is 407 g/mol. The van der Waals surface area contributed by atoms with Crippen molar-refractivity contribution in [2.75, 3.05) is 24.2 Å². The lowest BCUT2D eigenvalue weighted by Gasteiger charge is -2.35. The molecule has 0 aromatic carbocycles. The van der Waals surface area contributed by atoms with Crippen molar-refractivity contribution in [3.8, 4) is 6.07 Å². The summed E-state index contributed by atoms with van der Waals surface area (Å²) in [6, 6.07) is 3.95. The monoisotopic (exact) mass is 407 g/mol. The van der Waals surface area contributed by atoms with Crippen LogP contribution in [0, 0.1) is 11.3 Å². The molecule has 10 heteroatoms. The van der Waals surface area contributed by atoms with Crippen molar-refractivity contribution in [2.24, 2.45) is 0 Å². The van der Waals surface area contributed by atoms with Gasteiger partial charge in [0.15, 0.2) is 17.2 Å². The Bertz CT molecular complexity index is 948. The van der Waals surface area contributed by atoms with Crippen molar-refractivity contribution in [3.05, 3.63) is 29.8 Å². The van der Waals surface area contributed by atoms with E-state index in [1.165, 1.54) is 31.7 Å². The third-order valence-corrected chi connectivity index (χ3v) is 5.81. The van der Waals surface area contributed by atoms with Gasteiger partial charge in [0.25, 0.3) is 5.91 Å². The fraction of sp³-hybridized carbons (Fsp3) is 0.500. The Morgan fingerprint density at radius 3 is 2.83 bits per heavy atom. The molecule has 156 valence electrons. The van der Waals surface area contributed by atoms with Crippen LogP contribution in [-0.4, -0.2) is 51.2 Å². The van der Waals surface area contributed by atoms with Gasteiger partial charge < -0.3 is 21.3 Å². The van der Waals surface area contributed by atoms with E-state index in [-0.39, 0.29) is 28.9 Å². The second-order valence-corrected chi connectivity index (χ2v) is 7.84. The molecule has 0 radical (unpaired) electrons. The lowest BCUT2D eigenvalue weighted by atomic mass is 9.87. The maximum absolute atomic E-state index is 12.3. The molecule has 1 spiro atoms. The Kier molecular flexibility index (Phi) is 5.72. The Morgan fingerprint density at radius 2 is 2.13 bits per heavy atom. The van der Waals surface area contributed by atoms with Crippen molar-refractivity contribution < 1.29 is 4.79 Å². The Hall–Kier alpha value is -3.32. The van der Waals surface area contributed by atoms with Gasteiger partial charge in [-0.2, -0.15) is 5.26 Å². The first kappa shape index (κ1) is 20.0. The van der Waals surface area contributed by atoms with Crippen molar-refractivity contribution in [3.63, 3.8) is 0 Å². The quantitative estimate of drug-likeness (QED) is 0.583. The van der Waals surface area contributed by atoms with E-state index in [0.29, 0.717) is 17.3 Å². The Morgan fingerprint density at radius 1 is 1.23 bits per heavy atom. The molecule has 2 atom stereocenters. The zero-order valence-corrected chi connectivity index (χ0v) is 16.9. The van der Waals surface area contributed by atoms with E-state index >= 15 is 0 Å². The summed E-state index contributed by atoms with van der Waals surface area (Å²) in [6.07, 6.45) is 9.72. The highest BCUT2D eigenvalue weighted by Crippen LogP contribution is 2.38. The highest BCUT2D eigenvalue weighted by atomic mass is 16.1. The third kappa shape index (κ3) is 4.31. The summed E-state index contributed by atoms with van der Waals surface area (Å²) in [5.41, 5.74) is 1.33. The van der Waals surface area contributed by atoms with E-state index in [9.17, 15) is 4.79 Å². The van der Waals surface area contributed by atoms with Crippen LogP contribution in [0.4, 0.5) is 17.3 Å². The molecule has 30 heavy (non-hydrogen) atoms. The van der Waals surface area contributed by atoms with Crippen LogP contribution in [0.25, 0.3) is 0 Å². The van der Waals surface area contributed by atoms with E-state index in [0.717, 1.165) is 25.8 Å². The van der Waals surface area contributed by atoms with Gasteiger partial charge >= 0.3 is 0 Å². The Balaban J connectivity index is 1.53. The number of carbonyl (C=O) groups is 1. The van der Waals surface area contributed by atoms with Gasteiger partial charge in [-0.1, -0.05) is 6.42 Å². The number of anilines is 3. The van der Waals surface area contributed by atoms with Gasteiger partial charge in [-0.15, -0.1) is 10.2 Å². The summed E-state index contributed by atoms with van der Waals surface area (Å²) in [7, 11) is 1.57. The summed E-state index contributed by atoms with van der Waals surface area (Å²) in [5, 5.41) is 29.9. The number of rotatable bonds is 5. The van der Waals surface area contributed by atoms with Gasteiger partial charge in [0.2, 0.25) is 0 Å². The summed E-state index contributed by atoms with van der Waals surface area (Å²) in [4.78, 5) is 20.4. The maximum atomic E-state index is 12.3. The highest BCUT2D eigenvalue weighted by Gasteiger charge is 2.39. The smallest absolute Gasteiger partial charge is 0.273 e. The van der Waals surface area contributed by atoms with E-state index in [1.54, 1.807) is 13.1 Å². The van der Waals surface area contributed by atoms with E-state index in [2.05, 4.69) is 41.4 Å². The van der Waals surface area contributed by atoms with Crippen molar-refractivity contribution in [1.82, 2.24) is 30.8 Å². The molecular formula is C20H25N9O. The number of aromatic nitrogens is 4. The molecule has 1 amide bonds. The normalized spacial score (nSPS) is 23.0. The molecule has 1 aliphatic carbocycles. The van der Waals surface area contributed by atoms with Crippen LogP contribution in [0.15, 0.2) is 18.5 Å². The van der Waals surface area contributed by atoms with E-state index < -0.39 is 0 Å². The molecule has 1 aliphatic heterocycles. The van der Waals surface area contributed by atoms with Crippen LogP contribution < -0.4 is 21.3 Å². The van der Waals surface area contributed by atoms with Gasteiger partial charge in [0.1, 0.15) is 11.9 Å². The topological polar surface area (TPSA) is 141 Å². The fourth-order valence-electron chi connectivity index (χ4n) is 4.32. The summed E-state index contributed by atoms with van der Waals surface area (Å²) in [6.45, 7) is 1.08. The molecule has 1 saturated carbocycles. The van der Waals surface area contributed by atoms with E-state index in [4.69, 9.17) is 5.26 Å². The number of carbonyl (C=O) groups excluding carboxylic acids is 1. The maximum Gasteiger partial charge on any atom is 0.273 e. The molecule has 2 aliphatic rings. The Labute approximate surface area is 174 Å².